The molecule has 1 fully saturated rings. The molecule has 0 amide bonds. The summed E-state index contributed by atoms with van der Waals surface area (Å²) in [4.78, 5) is 0. The first kappa shape index (κ1) is 12.5. The Morgan fingerprint density at radius 3 is 2.56 bits per heavy atom. The average Bonchev–Trinajstić information content (AvgIpc) is 2.39. The molecule has 0 radical (unpaired) electrons. The van der Waals surface area contributed by atoms with Crippen molar-refractivity contribution >= 4 is 12.6 Å². The van der Waals surface area contributed by atoms with E-state index in [1.165, 1.54) is 57.8 Å². The van der Waals surface area contributed by atoms with Gasteiger partial charge >= 0.3 is 0 Å². The molecule has 0 heterocycles. The Bertz CT molecular complexity index is 236. The Labute approximate surface area is 106 Å². The second-order valence-electron chi connectivity index (χ2n) is 5.61. The quantitative estimate of drug-likeness (QED) is 0.519. The SMILES string of the molecule is CCC(S)C1CCC(C2=CCCCC2)CC1. The number of hydrogen-bond donors (Lipinski definition) is 1. The fraction of sp³-hybridized carbons (Fsp3) is 0.867. The van der Waals surface area contributed by atoms with Crippen LogP contribution in [0.25, 0.3) is 0 Å². The molecule has 0 saturated heterocycles. The normalized spacial score (nSPS) is 33.2. The Hall–Kier alpha value is 0.0900. The van der Waals surface area contributed by atoms with Crippen molar-refractivity contribution in [3.05, 3.63) is 11.6 Å². The van der Waals surface area contributed by atoms with E-state index < -0.39 is 0 Å². The summed E-state index contributed by atoms with van der Waals surface area (Å²) in [5, 5.41) is 0.654. The van der Waals surface area contributed by atoms with Gasteiger partial charge in [0.1, 0.15) is 0 Å². The molecule has 16 heavy (non-hydrogen) atoms. The van der Waals surface area contributed by atoms with Crippen LogP contribution >= 0.6 is 12.6 Å². The third-order valence-corrected chi connectivity index (χ3v) is 5.37. The lowest BCUT2D eigenvalue weighted by Crippen LogP contribution is -2.23. The lowest BCUT2D eigenvalue weighted by atomic mass is 9.74. The molecule has 0 aromatic rings. The van der Waals surface area contributed by atoms with Gasteiger partial charge < -0.3 is 0 Å². The minimum atomic E-state index is 0.654. The van der Waals surface area contributed by atoms with E-state index in [0.29, 0.717) is 5.25 Å². The highest BCUT2D eigenvalue weighted by Gasteiger charge is 2.26. The molecule has 2 rings (SSSR count). The first-order valence-corrected chi connectivity index (χ1v) is 7.70. The highest BCUT2D eigenvalue weighted by molar-refractivity contribution is 7.81. The summed E-state index contributed by atoms with van der Waals surface area (Å²) in [5.74, 6) is 1.84. The predicted molar refractivity (Wildman–Crippen MR) is 75.1 cm³/mol. The van der Waals surface area contributed by atoms with Crippen molar-refractivity contribution in [3.63, 3.8) is 0 Å². The number of thiol groups is 1. The number of hydrogen-bond acceptors (Lipinski definition) is 1. The van der Waals surface area contributed by atoms with Crippen molar-refractivity contribution in [1.29, 1.82) is 0 Å². The minimum absolute atomic E-state index is 0.654. The number of allylic oxidation sites excluding steroid dienone is 2. The Kier molecular flexibility index (Phi) is 4.81. The highest BCUT2D eigenvalue weighted by atomic mass is 32.1. The Morgan fingerprint density at radius 2 is 2.00 bits per heavy atom. The van der Waals surface area contributed by atoms with Gasteiger partial charge in [-0.3, -0.25) is 0 Å². The zero-order chi connectivity index (χ0) is 11.4. The summed E-state index contributed by atoms with van der Waals surface area (Å²) in [6, 6.07) is 0. The Balaban J connectivity index is 1.82. The maximum Gasteiger partial charge on any atom is 0.00424 e. The zero-order valence-electron chi connectivity index (χ0n) is 10.6. The van der Waals surface area contributed by atoms with Gasteiger partial charge in [-0.25, -0.2) is 0 Å². The van der Waals surface area contributed by atoms with Crippen LogP contribution in [-0.2, 0) is 0 Å². The largest absolute Gasteiger partial charge is 0.176 e. The second kappa shape index (κ2) is 6.14. The van der Waals surface area contributed by atoms with Crippen LogP contribution in [0.3, 0.4) is 0 Å². The van der Waals surface area contributed by atoms with E-state index in [4.69, 9.17) is 12.6 Å². The van der Waals surface area contributed by atoms with Crippen LogP contribution in [0.4, 0.5) is 0 Å². The van der Waals surface area contributed by atoms with Gasteiger partial charge in [0, 0.05) is 5.25 Å². The topological polar surface area (TPSA) is 0 Å². The van der Waals surface area contributed by atoms with Gasteiger partial charge in [0.15, 0.2) is 0 Å². The first-order valence-electron chi connectivity index (χ1n) is 7.18. The lowest BCUT2D eigenvalue weighted by Gasteiger charge is -2.33. The van der Waals surface area contributed by atoms with Crippen molar-refractivity contribution in [2.45, 2.75) is 70.0 Å². The molecule has 1 saturated carbocycles. The minimum Gasteiger partial charge on any atom is -0.176 e. The molecule has 0 aliphatic heterocycles. The van der Waals surface area contributed by atoms with Crippen LogP contribution in [0, 0.1) is 11.8 Å². The van der Waals surface area contributed by atoms with Crippen LogP contribution in [0.15, 0.2) is 11.6 Å². The maximum absolute atomic E-state index is 4.72. The first-order chi connectivity index (χ1) is 7.81. The van der Waals surface area contributed by atoms with E-state index in [9.17, 15) is 0 Å². The van der Waals surface area contributed by atoms with Crippen molar-refractivity contribution < 1.29 is 0 Å². The summed E-state index contributed by atoms with van der Waals surface area (Å²) in [6.07, 6.45) is 15.1. The van der Waals surface area contributed by atoms with Gasteiger partial charge in [-0.2, -0.15) is 12.6 Å². The molecule has 0 spiro atoms. The van der Waals surface area contributed by atoms with Crippen molar-refractivity contribution in [2.75, 3.05) is 0 Å². The van der Waals surface area contributed by atoms with E-state index in [0.717, 1.165) is 11.8 Å². The second-order valence-corrected chi connectivity index (χ2v) is 6.28. The van der Waals surface area contributed by atoms with Crippen molar-refractivity contribution in [1.82, 2.24) is 0 Å². The molecule has 92 valence electrons. The molecule has 1 atom stereocenters. The predicted octanol–water partition coefficient (Wildman–Crippen LogP) is 5.00. The van der Waals surface area contributed by atoms with Gasteiger partial charge in [-0.15, -0.1) is 0 Å². The van der Waals surface area contributed by atoms with Crippen molar-refractivity contribution in [3.8, 4) is 0 Å². The van der Waals surface area contributed by atoms with E-state index in [2.05, 4.69) is 13.0 Å². The molecular weight excluding hydrogens is 212 g/mol. The fourth-order valence-corrected chi connectivity index (χ4v) is 3.74. The van der Waals surface area contributed by atoms with Crippen LogP contribution in [-0.4, -0.2) is 5.25 Å². The van der Waals surface area contributed by atoms with Crippen LogP contribution in [0.5, 0.6) is 0 Å². The molecule has 2 aliphatic rings. The van der Waals surface area contributed by atoms with Gasteiger partial charge in [0.05, 0.1) is 0 Å². The summed E-state index contributed by atoms with van der Waals surface area (Å²) in [7, 11) is 0. The summed E-state index contributed by atoms with van der Waals surface area (Å²) < 4.78 is 0. The van der Waals surface area contributed by atoms with Crippen LogP contribution in [0.1, 0.15) is 64.7 Å². The van der Waals surface area contributed by atoms with Crippen LogP contribution < -0.4 is 0 Å². The molecule has 0 N–H and O–H groups in total. The Morgan fingerprint density at radius 1 is 1.25 bits per heavy atom. The van der Waals surface area contributed by atoms with Crippen LogP contribution in [0.2, 0.25) is 0 Å². The van der Waals surface area contributed by atoms with Gasteiger partial charge in [-0.1, -0.05) is 18.6 Å². The summed E-state index contributed by atoms with van der Waals surface area (Å²) in [6.45, 7) is 2.27. The molecule has 1 unspecified atom stereocenters. The van der Waals surface area contributed by atoms with Gasteiger partial charge in [0.2, 0.25) is 0 Å². The average molecular weight is 238 g/mol. The summed E-state index contributed by atoms with van der Waals surface area (Å²) in [5.41, 5.74) is 1.80. The van der Waals surface area contributed by atoms with Gasteiger partial charge in [-0.05, 0) is 69.6 Å². The molecule has 0 aromatic heterocycles. The molecule has 0 aromatic carbocycles. The molecule has 1 heteroatoms. The lowest BCUT2D eigenvalue weighted by molar-refractivity contribution is 0.287. The van der Waals surface area contributed by atoms with E-state index in [1.807, 2.05) is 0 Å². The monoisotopic (exact) mass is 238 g/mol. The molecule has 2 aliphatic carbocycles. The fourth-order valence-electron chi connectivity index (χ4n) is 3.44. The molecule has 0 nitrogen and oxygen atoms in total. The molecule has 0 bridgehead atoms. The van der Waals surface area contributed by atoms with Gasteiger partial charge in [0.25, 0.3) is 0 Å². The van der Waals surface area contributed by atoms with E-state index in [-0.39, 0.29) is 0 Å². The zero-order valence-corrected chi connectivity index (χ0v) is 11.5. The van der Waals surface area contributed by atoms with Crippen molar-refractivity contribution in [2.24, 2.45) is 11.8 Å². The number of rotatable bonds is 3. The third kappa shape index (κ3) is 3.06. The maximum atomic E-state index is 4.72. The third-order valence-electron chi connectivity index (χ3n) is 4.58. The standard InChI is InChI=1S/C15H26S/c1-2-15(16)14-10-8-13(9-11-14)12-6-4-3-5-7-12/h6,13-16H,2-5,7-11H2,1H3. The molecular formula is C15H26S. The summed E-state index contributed by atoms with van der Waals surface area (Å²) >= 11 is 4.72. The smallest absolute Gasteiger partial charge is 0.00424 e. The van der Waals surface area contributed by atoms with E-state index >= 15 is 0 Å². The highest BCUT2D eigenvalue weighted by Crippen LogP contribution is 2.39. The van der Waals surface area contributed by atoms with E-state index in [1.54, 1.807) is 5.57 Å².